The van der Waals surface area contributed by atoms with Gasteiger partial charge >= 0.3 is 0 Å². The minimum atomic E-state index is 0.525. The lowest BCUT2D eigenvalue weighted by atomic mass is 10.2. The first-order valence-electron chi connectivity index (χ1n) is 4.63. The van der Waals surface area contributed by atoms with Crippen LogP contribution in [-0.2, 0) is 0 Å². The van der Waals surface area contributed by atoms with Crippen molar-refractivity contribution in [3.8, 4) is 6.07 Å². The molecule has 0 atom stereocenters. The third kappa shape index (κ3) is 1.94. The summed E-state index contributed by atoms with van der Waals surface area (Å²) in [6.45, 7) is 5.73. The van der Waals surface area contributed by atoms with E-state index in [1.807, 2.05) is 18.7 Å². The van der Waals surface area contributed by atoms with Gasteiger partial charge in [-0.25, -0.2) is 4.98 Å². The highest BCUT2D eigenvalue weighted by Crippen LogP contribution is 2.18. The summed E-state index contributed by atoms with van der Waals surface area (Å²) < 4.78 is 0. The summed E-state index contributed by atoms with van der Waals surface area (Å²) in [6, 6.07) is 3.75. The Kier molecular flexibility index (Phi) is 3.29. The monoisotopic (exact) mass is 190 g/mol. The first kappa shape index (κ1) is 10.3. The number of nitriles is 1. The van der Waals surface area contributed by atoms with Crippen molar-refractivity contribution in [2.75, 3.05) is 23.7 Å². The number of nitrogens with zero attached hydrogens (tertiary/aromatic N) is 3. The quantitative estimate of drug-likeness (QED) is 0.782. The Morgan fingerprint density at radius 2 is 2.14 bits per heavy atom. The molecule has 0 spiro atoms. The van der Waals surface area contributed by atoms with E-state index in [1.54, 1.807) is 12.3 Å². The Bertz CT molecular complexity index is 350. The molecule has 0 amide bonds. The van der Waals surface area contributed by atoms with Crippen LogP contribution < -0.4 is 10.6 Å². The lowest BCUT2D eigenvalue weighted by Crippen LogP contribution is -2.24. The molecule has 0 saturated carbocycles. The van der Waals surface area contributed by atoms with Crippen LogP contribution in [0.3, 0.4) is 0 Å². The van der Waals surface area contributed by atoms with Crippen LogP contribution in [0.5, 0.6) is 0 Å². The summed E-state index contributed by atoms with van der Waals surface area (Å²) >= 11 is 0. The number of pyridine rings is 1. The smallest absolute Gasteiger partial charge is 0.146 e. The molecule has 1 aromatic heterocycles. The van der Waals surface area contributed by atoms with Crippen molar-refractivity contribution >= 4 is 11.5 Å². The number of nitrogen functional groups attached to an aromatic ring is 1. The molecule has 0 fully saturated rings. The molecule has 0 unspecified atom stereocenters. The molecule has 1 heterocycles. The maximum atomic E-state index is 8.91. The summed E-state index contributed by atoms with van der Waals surface area (Å²) in [6.07, 6.45) is 1.58. The van der Waals surface area contributed by atoms with Gasteiger partial charge in [-0.15, -0.1) is 0 Å². The van der Waals surface area contributed by atoms with Crippen molar-refractivity contribution in [1.82, 2.24) is 4.98 Å². The van der Waals surface area contributed by atoms with Crippen LogP contribution in [0.25, 0.3) is 0 Å². The Morgan fingerprint density at radius 3 is 2.64 bits per heavy atom. The molecule has 0 bridgehead atoms. The Morgan fingerprint density at radius 1 is 1.50 bits per heavy atom. The summed E-state index contributed by atoms with van der Waals surface area (Å²) in [4.78, 5) is 6.20. The number of hydrogen-bond acceptors (Lipinski definition) is 4. The van der Waals surface area contributed by atoms with E-state index in [0.29, 0.717) is 17.1 Å². The zero-order chi connectivity index (χ0) is 10.6. The Labute approximate surface area is 84.0 Å². The molecule has 0 saturated heterocycles. The molecule has 0 aliphatic rings. The van der Waals surface area contributed by atoms with Crippen molar-refractivity contribution in [3.63, 3.8) is 0 Å². The van der Waals surface area contributed by atoms with Gasteiger partial charge in [-0.05, 0) is 19.9 Å². The zero-order valence-corrected chi connectivity index (χ0v) is 8.49. The Hall–Kier alpha value is -1.76. The Balaban J connectivity index is 3.14. The fourth-order valence-corrected chi connectivity index (χ4v) is 1.33. The molecule has 4 heteroatoms. The summed E-state index contributed by atoms with van der Waals surface area (Å²) in [5.74, 6) is 0.715. The molecule has 74 valence electrons. The number of rotatable bonds is 3. The van der Waals surface area contributed by atoms with E-state index in [2.05, 4.69) is 11.1 Å². The number of aromatic nitrogens is 1. The SMILES string of the molecule is CCN(CC)c1ncc(N)cc1C#N. The molecule has 14 heavy (non-hydrogen) atoms. The number of hydrogen-bond donors (Lipinski definition) is 1. The molecule has 0 aromatic carbocycles. The predicted molar refractivity (Wildman–Crippen MR) is 56.9 cm³/mol. The van der Waals surface area contributed by atoms with E-state index in [0.717, 1.165) is 13.1 Å². The van der Waals surface area contributed by atoms with Crippen molar-refractivity contribution in [1.29, 1.82) is 5.26 Å². The molecule has 0 aliphatic heterocycles. The molecule has 2 N–H and O–H groups in total. The van der Waals surface area contributed by atoms with Gasteiger partial charge in [0.05, 0.1) is 17.4 Å². The highest BCUT2D eigenvalue weighted by atomic mass is 15.2. The molecular weight excluding hydrogens is 176 g/mol. The topological polar surface area (TPSA) is 65.9 Å². The van der Waals surface area contributed by atoms with Gasteiger partial charge in [0.2, 0.25) is 0 Å². The van der Waals surface area contributed by atoms with Crippen molar-refractivity contribution in [2.24, 2.45) is 0 Å². The molecule has 0 radical (unpaired) electrons. The van der Waals surface area contributed by atoms with Gasteiger partial charge in [0, 0.05) is 13.1 Å². The van der Waals surface area contributed by atoms with Gasteiger partial charge in [-0.3, -0.25) is 0 Å². The van der Waals surface area contributed by atoms with Gasteiger partial charge in [0.1, 0.15) is 11.9 Å². The maximum Gasteiger partial charge on any atom is 0.146 e. The highest BCUT2D eigenvalue weighted by Gasteiger charge is 2.09. The number of nitrogens with two attached hydrogens (primary N) is 1. The van der Waals surface area contributed by atoms with Gasteiger partial charge in [0.25, 0.3) is 0 Å². The average molecular weight is 190 g/mol. The van der Waals surface area contributed by atoms with Crippen molar-refractivity contribution in [2.45, 2.75) is 13.8 Å². The van der Waals surface area contributed by atoms with Gasteiger partial charge in [0.15, 0.2) is 0 Å². The maximum absolute atomic E-state index is 8.91. The fraction of sp³-hybridized carbons (Fsp3) is 0.400. The second kappa shape index (κ2) is 4.47. The van der Waals surface area contributed by atoms with Gasteiger partial charge in [-0.1, -0.05) is 0 Å². The molecule has 1 aromatic rings. The van der Waals surface area contributed by atoms with E-state index in [-0.39, 0.29) is 0 Å². The second-order valence-electron chi connectivity index (χ2n) is 2.92. The van der Waals surface area contributed by atoms with Crippen LogP contribution in [0.4, 0.5) is 11.5 Å². The normalized spacial score (nSPS) is 9.50. The van der Waals surface area contributed by atoms with E-state index < -0.39 is 0 Å². The standard InChI is InChI=1S/C10H14N4/c1-3-14(4-2)10-8(6-11)5-9(12)7-13-10/h5,7H,3-4,12H2,1-2H3. The molecule has 4 nitrogen and oxygen atoms in total. The minimum Gasteiger partial charge on any atom is -0.397 e. The molecule has 1 rings (SSSR count). The summed E-state index contributed by atoms with van der Waals surface area (Å²) in [5.41, 5.74) is 6.62. The second-order valence-corrected chi connectivity index (χ2v) is 2.92. The highest BCUT2D eigenvalue weighted by molar-refractivity contribution is 5.58. The van der Waals surface area contributed by atoms with Crippen molar-refractivity contribution < 1.29 is 0 Å². The predicted octanol–water partition coefficient (Wildman–Crippen LogP) is 1.38. The molecule has 0 aliphatic carbocycles. The van der Waals surface area contributed by atoms with Crippen LogP contribution in [0.15, 0.2) is 12.3 Å². The van der Waals surface area contributed by atoms with Crippen LogP contribution >= 0.6 is 0 Å². The summed E-state index contributed by atoms with van der Waals surface area (Å²) in [5, 5.41) is 8.91. The minimum absolute atomic E-state index is 0.525. The van der Waals surface area contributed by atoms with Crippen molar-refractivity contribution in [3.05, 3.63) is 17.8 Å². The first-order chi connectivity index (χ1) is 6.72. The van der Waals surface area contributed by atoms with Crippen LogP contribution in [0.1, 0.15) is 19.4 Å². The number of anilines is 2. The third-order valence-corrected chi connectivity index (χ3v) is 2.07. The van der Waals surface area contributed by atoms with E-state index >= 15 is 0 Å². The largest absolute Gasteiger partial charge is 0.397 e. The lowest BCUT2D eigenvalue weighted by Gasteiger charge is -2.20. The van der Waals surface area contributed by atoms with Crippen LogP contribution in [0.2, 0.25) is 0 Å². The van der Waals surface area contributed by atoms with Gasteiger partial charge in [-0.2, -0.15) is 5.26 Å². The van der Waals surface area contributed by atoms with E-state index in [1.165, 1.54) is 0 Å². The zero-order valence-electron chi connectivity index (χ0n) is 8.49. The fourth-order valence-electron chi connectivity index (χ4n) is 1.33. The average Bonchev–Trinajstić information content (AvgIpc) is 2.21. The van der Waals surface area contributed by atoms with Crippen LogP contribution in [0, 0.1) is 11.3 Å². The third-order valence-electron chi connectivity index (χ3n) is 2.07. The first-order valence-corrected chi connectivity index (χ1v) is 4.63. The van der Waals surface area contributed by atoms with Gasteiger partial charge < -0.3 is 10.6 Å². The van der Waals surface area contributed by atoms with E-state index in [4.69, 9.17) is 11.0 Å². The summed E-state index contributed by atoms with van der Waals surface area (Å²) in [7, 11) is 0. The lowest BCUT2D eigenvalue weighted by molar-refractivity contribution is 0.844. The van der Waals surface area contributed by atoms with E-state index in [9.17, 15) is 0 Å². The molecular formula is C10H14N4. The van der Waals surface area contributed by atoms with Crippen LogP contribution in [-0.4, -0.2) is 18.1 Å².